The highest BCUT2D eigenvalue weighted by Crippen LogP contribution is 1.83. The first-order valence-corrected chi connectivity index (χ1v) is 3.36. The van der Waals surface area contributed by atoms with Gasteiger partial charge in [-0.05, 0) is 6.07 Å². The Kier molecular flexibility index (Phi) is 1.33. The normalized spacial score (nSPS) is 14.7. The van der Waals surface area contributed by atoms with Crippen LogP contribution in [-0.4, -0.2) is 16.7 Å². The highest BCUT2D eigenvalue weighted by molar-refractivity contribution is 6.48. The molecule has 2 rings (SSSR count). The number of carbonyl (C=O) groups is 2. The van der Waals surface area contributed by atoms with Crippen molar-refractivity contribution in [2.75, 3.05) is 0 Å². The smallest absolute Gasteiger partial charge is 0.284 e. The van der Waals surface area contributed by atoms with Crippen molar-refractivity contribution >= 4 is 17.8 Å². The molecule has 4 nitrogen and oxygen atoms in total. The number of hydrogen-bond acceptors (Lipinski definition) is 3. The number of carbonyl (C=O) groups excluding carboxylic acids is 2. The third-order valence-corrected chi connectivity index (χ3v) is 1.55. The molecule has 0 bridgehead atoms. The van der Waals surface area contributed by atoms with Crippen LogP contribution in [0.1, 0.15) is 0 Å². The molecule has 0 N–H and O–H groups in total. The first-order chi connectivity index (χ1) is 5.77. The molecule has 0 radical (unpaired) electrons. The van der Waals surface area contributed by atoms with Crippen LogP contribution in [0.25, 0.3) is 6.08 Å². The number of pyridine rings is 1. The number of ketones is 1. The molecule has 0 aliphatic carbocycles. The number of nitrogens with zero attached hydrogens (tertiary/aromatic N) is 2. The number of Topliss-reactive ketones (excluding diaryl/α,β-unsaturated/α-hetero) is 1. The van der Waals surface area contributed by atoms with Crippen LogP contribution in [0.4, 0.5) is 0 Å². The molecular weight excluding hydrogens is 156 g/mol. The summed E-state index contributed by atoms with van der Waals surface area (Å²) in [5, 5.41) is 1.11. The topological polar surface area (TPSA) is 59.4 Å². The maximum absolute atomic E-state index is 10.8. The Morgan fingerprint density at radius 1 is 1.25 bits per heavy atom. The average molecular weight is 160 g/mol. The van der Waals surface area contributed by atoms with Crippen LogP contribution < -0.4 is 10.6 Å². The second-order valence-electron chi connectivity index (χ2n) is 2.36. The summed E-state index contributed by atoms with van der Waals surface area (Å²) < 4.78 is 0. The minimum absolute atomic E-state index is 0.460. The van der Waals surface area contributed by atoms with Gasteiger partial charge in [-0.15, -0.1) is 0 Å². The third kappa shape index (κ3) is 0.934. The van der Waals surface area contributed by atoms with E-state index in [9.17, 15) is 9.59 Å². The van der Waals surface area contributed by atoms with Gasteiger partial charge in [0.15, 0.2) is 0 Å². The Morgan fingerprint density at radius 3 is 2.92 bits per heavy atom. The minimum Gasteiger partial charge on any atom is -0.284 e. The zero-order valence-corrected chi connectivity index (χ0v) is 6.02. The molecular formula is C8H4N2O2. The quantitative estimate of drug-likeness (QED) is 0.438. The molecule has 1 aliphatic heterocycles. The maximum Gasteiger partial charge on any atom is 0.318 e. The maximum atomic E-state index is 10.8. The molecule has 1 aliphatic rings. The van der Waals surface area contributed by atoms with E-state index in [-0.39, 0.29) is 0 Å². The second-order valence-corrected chi connectivity index (χ2v) is 2.36. The van der Waals surface area contributed by atoms with Gasteiger partial charge in [0.1, 0.15) is 0 Å². The van der Waals surface area contributed by atoms with E-state index in [0.717, 1.165) is 0 Å². The van der Waals surface area contributed by atoms with E-state index in [1.807, 2.05) is 0 Å². The Balaban J connectivity index is 2.87. The molecule has 1 aromatic heterocycles. The van der Waals surface area contributed by atoms with Gasteiger partial charge in [0.05, 0.1) is 11.6 Å². The molecule has 0 aromatic carbocycles. The molecule has 4 heteroatoms. The molecule has 2 heterocycles. The fourth-order valence-electron chi connectivity index (χ4n) is 0.980. The van der Waals surface area contributed by atoms with Gasteiger partial charge in [-0.25, -0.2) is 4.99 Å². The summed E-state index contributed by atoms with van der Waals surface area (Å²) in [7, 11) is 0. The SMILES string of the molecule is O=C1C=c2ccncc2=NC1=O. The molecule has 12 heavy (non-hydrogen) atoms. The molecule has 0 spiro atoms. The van der Waals surface area contributed by atoms with Gasteiger partial charge >= 0.3 is 5.91 Å². The molecule has 1 aromatic rings. The highest BCUT2D eigenvalue weighted by atomic mass is 16.2. The first-order valence-electron chi connectivity index (χ1n) is 3.36. The molecule has 0 unspecified atom stereocenters. The number of aromatic nitrogens is 1. The fourth-order valence-corrected chi connectivity index (χ4v) is 0.980. The summed E-state index contributed by atoms with van der Waals surface area (Å²) in [6, 6.07) is 1.64. The highest BCUT2D eigenvalue weighted by Gasteiger charge is 2.12. The summed E-state index contributed by atoms with van der Waals surface area (Å²) in [5.41, 5.74) is 0. The summed E-state index contributed by atoms with van der Waals surface area (Å²) >= 11 is 0. The summed E-state index contributed by atoms with van der Waals surface area (Å²) in [5.74, 6) is -1.30. The lowest BCUT2D eigenvalue weighted by Crippen LogP contribution is -2.33. The van der Waals surface area contributed by atoms with Gasteiger partial charge in [0, 0.05) is 17.5 Å². The molecule has 58 valence electrons. The van der Waals surface area contributed by atoms with Crippen molar-refractivity contribution in [3.63, 3.8) is 0 Å². The van der Waals surface area contributed by atoms with Gasteiger partial charge < -0.3 is 0 Å². The first kappa shape index (κ1) is 6.84. The van der Waals surface area contributed by atoms with Crippen molar-refractivity contribution in [3.05, 3.63) is 29.0 Å². The van der Waals surface area contributed by atoms with Crippen LogP contribution in [0, 0.1) is 0 Å². The van der Waals surface area contributed by atoms with Gasteiger partial charge in [-0.2, -0.15) is 0 Å². The predicted octanol–water partition coefficient (Wildman–Crippen LogP) is -1.41. The fraction of sp³-hybridized carbons (Fsp3) is 0. The molecule has 0 atom stereocenters. The monoisotopic (exact) mass is 160 g/mol. The molecule has 0 fully saturated rings. The van der Waals surface area contributed by atoms with E-state index in [1.165, 1.54) is 12.3 Å². The Bertz CT molecular complexity index is 431. The van der Waals surface area contributed by atoms with Gasteiger partial charge in [-0.3, -0.25) is 14.6 Å². The van der Waals surface area contributed by atoms with E-state index in [4.69, 9.17) is 0 Å². The van der Waals surface area contributed by atoms with E-state index in [1.54, 1.807) is 12.3 Å². The summed E-state index contributed by atoms with van der Waals surface area (Å²) in [6.45, 7) is 0. The molecule has 1 amide bonds. The number of hydrogen-bond donors (Lipinski definition) is 0. The van der Waals surface area contributed by atoms with Crippen molar-refractivity contribution in [2.24, 2.45) is 4.99 Å². The van der Waals surface area contributed by atoms with E-state index >= 15 is 0 Å². The van der Waals surface area contributed by atoms with Gasteiger partial charge in [0.25, 0.3) is 0 Å². The van der Waals surface area contributed by atoms with Crippen LogP contribution in [0.5, 0.6) is 0 Å². The Hall–Kier alpha value is -1.84. The minimum atomic E-state index is -0.726. The van der Waals surface area contributed by atoms with E-state index in [0.29, 0.717) is 10.6 Å². The zero-order chi connectivity index (χ0) is 8.55. The van der Waals surface area contributed by atoms with Crippen molar-refractivity contribution in [2.45, 2.75) is 0 Å². The second kappa shape index (κ2) is 2.34. The third-order valence-electron chi connectivity index (χ3n) is 1.55. The summed E-state index contributed by atoms with van der Waals surface area (Å²) in [6.07, 6.45) is 4.27. The lowest BCUT2D eigenvalue weighted by molar-refractivity contribution is -0.132. The van der Waals surface area contributed by atoms with Crippen molar-refractivity contribution < 1.29 is 9.59 Å². The van der Waals surface area contributed by atoms with Crippen LogP contribution in [0.15, 0.2) is 23.5 Å². The number of amides is 1. The van der Waals surface area contributed by atoms with E-state index < -0.39 is 11.7 Å². The van der Waals surface area contributed by atoms with Gasteiger partial charge in [-0.1, -0.05) is 0 Å². The number of fused-ring (bicyclic) bond motifs is 1. The van der Waals surface area contributed by atoms with Crippen molar-refractivity contribution in [1.82, 2.24) is 4.98 Å². The Labute approximate surface area is 67.3 Å². The lowest BCUT2D eigenvalue weighted by atomic mass is 10.2. The standard InChI is InChI=1S/C8H4N2O2/c11-7-3-5-1-2-9-4-6(5)10-8(7)12/h1-4H. The largest absolute Gasteiger partial charge is 0.318 e. The van der Waals surface area contributed by atoms with Crippen LogP contribution in [0.2, 0.25) is 0 Å². The van der Waals surface area contributed by atoms with Gasteiger partial charge in [0.2, 0.25) is 5.78 Å². The molecule has 0 saturated carbocycles. The van der Waals surface area contributed by atoms with Crippen LogP contribution in [0.3, 0.4) is 0 Å². The Morgan fingerprint density at radius 2 is 2.08 bits per heavy atom. The predicted molar refractivity (Wildman–Crippen MR) is 39.5 cm³/mol. The lowest BCUT2D eigenvalue weighted by Gasteiger charge is -1.94. The van der Waals surface area contributed by atoms with Crippen LogP contribution in [-0.2, 0) is 9.59 Å². The number of rotatable bonds is 0. The van der Waals surface area contributed by atoms with E-state index in [2.05, 4.69) is 9.98 Å². The van der Waals surface area contributed by atoms with Crippen LogP contribution >= 0.6 is 0 Å². The zero-order valence-electron chi connectivity index (χ0n) is 6.02. The average Bonchev–Trinajstić information content (AvgIpc) is 2.07. The van der Waals surface area contributed by atoms with Crippen molar-refractivity contribution in [1.29, 1.82) is 0 Å². The molecule has 0 saturated heterocycles. The van der Waals surface area contributed by atoms with Crippen molar-refractivity contribution in [3.8, 4) is 0 Å². The summed E-state index contributed by atoms with van der Waals surface area (Å²) in [4.78, 5) is 28.9.